The average Bonchev–Trinajstić information content (AvgIpc) is 2.36. The summed E-state index contributed by atoms with van der Waals surface area (Å²) in [6, 6.07) is 7.28. The Morgan fingerprint density at radius 3 is 2.72 bits per heavy atom. The quantitative estimate of drug-likeness (QED) is 0.873. The van der Waals surface area contributed by atoms with E-state index in [0.29, 0.717) is 17.1 Å². The van der Waals surface area contributed by atoms with Crippen LogP contribution < -0.4 is 11.3 Å². The molecule has 18 heavy (non-hydrogen) atoms. The molecule has 94 valence electrons. The van der Waals surface area contributed by atoms with Gasteiger partial charge in [-0.2, -0.15) is 0 Å². The lowest BCUT2D eigenvalue weighted by Gasteiger charge is -2.11. The second-order valence-electron chi connectivity index (χ2n) is 4.10. The molecule has 0 bridgehead atoms. The molecule has 1 aromatic heterocycles. The van der Waals surface area contributed by atoms with Gasteiger partial charge in [-0.1, -0.05) is 29.8 Å². The average molecular weight is 265 g/mol. The van der Waals surface area contributed by atoms with Crippen LogP contribution in [0.25, 0.3) is 0 Å². The number of hydrogen-bond acceptors (Lipinski definition) is 3. The van der Waals surface area contributed by atoms with E-state index < -0.39 is 5.56 Å². The zero-order chi connectivity index (χ0) is 13.3. The zero-order valence-corrected chi connectivity index (χ0v) is 10.6. The Morgan fingerprint density at radius 2 is 2.06 bits per heavy atom. The summed E-state index contributed by atoms with van der Waals surface area (Å²) in [6.07, 6.45) is 1.57. The molecule has 0 fully saturated rings. The third kappa shape index (κ3) is 2.19. The predicted octanol–water partition coefficient (Wildman–Crippen LogP) is 2.15. The van der Waals surface area contributed by atoms with E-state index in [4.69, 9.17) is 17.3 Å². The number of pyridine rings is 1. The predicted molar refractivity (Wildman–Crippen MR) is 72.1 cm³/mol. The first-order valence-electron chi connectivity index (χ1n) is 5.42. The molecular formula is C13H13ClN2O2. The Balaban J connectivity index is 2.48. The summed E-state index contributed by atoms with van der Waals surface area (Å²) in [7, 11) is 0. The first-order chi connectivity index (χ1) is 8.50. The molecular weight excluding hydrogens is 252 g/mol. The maximum Gasteiger partial charge on any atom is 0.277 e. The molecule has 2 rings (SSSR count). The molecule has 0 spiro atoms. The number of benzene rings is 1. The highest BCUT2D eigenvalue weighted by atomic mass is 35.5. The molecule has 0 aliphatic carbocycles. The smallest absolute Gasteiger partial charge is 0.277 e. The highest BCUT2D eigenvalue weighted by Crippen LogP contribution is 2.21. The largest absolute Gasteiger partial charge is 0.505 e. The van der Waals surface area contributed by atoms with Crippen LogP contribution in [-0.4, -0.2) is 9.67 Å². The molecule has 0 aliphatic rings. The number of nitrogens with zero attached hydrogens (tertiary/aromatic N) is 1. The van der Waals surface area contributed by atoms with Crippen molar-refractivity contribution in [3.8, 4) is 5.75 Å². The van der Waals surface area contributed by atoms with Gasteiger partial charge in [-0.15, -0.1) is 0 Å². The third-order valence-corrected chi connectivity index (χ3v) is 3.14. The van der Waals surface area contributed by atoms with Crippen molar-refractivity contribution >= 4 is 17.3 Å². The van der Waals surface area contributed by atoms with Gasteiger partial charge in [0.15, 0.2) is 0 Å². The molecule has 3 N–H and O–H groups in total. The lowest BCUT2D eigenvalue weighted by atomic mass is 10.2. The van der Waals surface area contributed by atoms with Crippen LogP contribution in [0.15, 0.2) is 35.3 Å². The Hall–Kier alpha value is -1.94. The van der Waals surface area contributed by atoms with E-state index in [9.17, 15) is 9.90 Å². The van der Waals surface area contributed by atoms with Crippen LogP contribution in [0.2, 0.25) is 5.02 Å². The third-order valence-electron chi connectivity index (χ3n) is 2.77. The maximum absolute atomic E-state index is 11.9. The lowest BCUT2D eigenvalue weighted by molar-refractivity contribution is 0.470. The van der Waals surface area contributed by atoms with E-state index in [-0.39, 0.29) is 11.4 Å². The molecule has 4 nitrogen and oxygen atoms in total. The Labute approximate surface area is 109 Å². The Kier molecular flexibility index (Phi) is 3.30. The molecule has 0 amide bonds. The standard InChI is InChI=1S/C13H13ClN2O2/c1-8-6-16(13(18)11(15)12(8)17)7-9-4-2-3-5-10(9)14/h2-6,17H,7,15H2,1H3. The fourth-order valence-electron chi connectivity index (χ4n) is 1.75. The molecule has 1 heterocycles. The van der Waals surface area contributed by atoms with E-state index in [0.717, 1.165) is 5.56 Å². The minimum atomic E-state index is -0.419. The SMILES string of the molecule is Cc1cn(Cc2ccccc2Cl)c(=O)c(N)c1O. The van der Waals surface area contributed by atoms with Gasteiger partial charge < -0.3 is 15.4 Å². The van der Waals surface area contributed by atoms with E-state index in [1.165, 1.54) is 4.57 Å². The number of rotatable bonds is 2. The minimum absolute atomic E-state index is 0.137. The van der Waals surface area contributed by atoms with Crippen LogP contribution in [0.5, 0.6) is 5.75 Å². The van der Waals surface area contributed by atoms with Crippen molar-refractivity contribution in [1.29, 1.82) is 0 Å². The van der Waals surface area contributed by atoms with Crippen molar-refractivity contribution in [2.24, 2.45) is 0 Å². The number of aromatic nitrogens is 1. The van der Waals surface area contributed by atoms with Crippen molar-refractivity contribution < 1.29 is 5.11 Å². The summed E-state index contributed by atoms with van der Waals surface area (Å²) in [4.78, 5) is 11.9. The van der Waals surface area contributed by atoms with Crippen molar-refractivity contribution in [3.05, 3.63) is 57.0 Å². The molecule has 0 unspecified atom stereocenters. The van der Waals surface area contributed by atoms with Gasteiger partial charge in [0.1, 0.15) is 11.4 Å². The first kappa shape index (κ1) is 12.5. The van der Waals surface area contributed by atoms with E-state index in [2.05, 4.69) is 0 Å². The fourth-order valence-corrected chi connectivity index (χ4v) is 1.95. The summed E-state index contributed by atoms with van der Waals surface area (Å²) >= 11 is 6.04. The normalized spacial score (nSPS) is 10.6. The second kappa shape index (κ2) is 4.74. The molecule has 0 saturated heterocycles. The van der Waals surface area contributed by atoms with Crippen molar-refractivity contribution in [2.75, 3.05) is 5.73 Å². The summed E-state index contributed by atoms with van der Waals surface area (Å²) in [5, 5.41) is 10.2. The van der Waals surface area contributed by atoms with Gasteiger partial charge in [0.05, 0.1) is 6.54 Å². The van der Waals surface area contributed by atoms with Crippen LogP contribution in [0, 0.1) is 6.92 Å². The second-order valence-corrected chi connectivity index (χ2v) is 4.51. The summed E-state index contributed by atoms with van der Waals surface area (Å²) in [5.74, 6) is -0.157. The number of halogens is 1. The first-order valence-corrected chi connectivity index (χ1v) is 5.80. The van der Waals surface area contributed by atoms with Gasteiger partial charge in [0.25, 0.3) is 5.56 Å². The van der Waals surface area contributed by atoms with Crippen LogP contribution in [0.4, 0.5) is 5.69 Å². The van der Waals surface area contributed by atoms with E-state index in [1.54, 1.807) is 19.2 Å². The maximum atomic E-state index is 11.9. The van der Waals surface area contributed by atoms with Gasteiger partial charge in [-0.3, -0.25) is 4.79 Å². The van der Waals surface area contributed by atoms with Gasteiger partial charge in [-0.05, 0) is 18.6 Å². The van der Waals surface area contributed by atoms with Crippen LogP contribution in [-0.2, 0) is 6.54 Å². The van der Waals surface area contributed by atoms with E-state index >= 15 is 0 Å². The number of hydrogen-bond donors (Lipinski definition) is 2. The number of nitrogen functional groups attached to an aromatic ring is 1. The molecule has 5 heteroatoms. The molecule has 2 aromatic rings. The Bertz CT molecular complexity index is 650. The summed E-state index contributed by atoms with van der Waals surface area (Å²) < 4.78 is 1.44. The van der Waals surface area contributed by atoms with Crippen molar-refractivity contribution in [1.82, 2.24) is 4.57 Å². The Morgan fingerprint density at radius 1 is 1.39 bits per heavy atom. The molecule has 0 saturated carbocycles. The van der Waals surface area contributed by atoms with Gasteiger partial charge in [0, 0.05) is 16.8 Å². The van der Waals surface area contributed by atoms with Gasteiger partial charge >= 0.3 is 0 Å². The van der Waals surface area contributed by atoms with Crippen molar-refractivity contribution in [2.45, 2.75) is 13.5 Å². The highest BCUT2D eigenvalue weighted by molar-refractivity contribution is 6.31. The molecule has 1 aromatic carbocycles. The number of nitrogens with two attached hydrogens (primary N) is 1. The monoisotopic (exact) mass is 264 g/mol. The number of anilines is 1. The van der Waals surface area contributed by atoms with E-state index in [1.807, 2.05) is 18.2 Å². The van der Waals surface area contributed by atoms with Gasteiger partial charge in [-0.25, -0.2) is 0 Å². The minimum Gasteiger partial charge on any atom is -0.505 e. The van der Waals surface area contributed by atoms with Gasteiger partial charge in [0.2, 0.25) is 0 Å². The molecule has 0 radical (unpaired) electrons. The molecule has 0 atom stereocenters. The summed E-state index contributed by atoms with van der Waals surface area (Å²) in [6.45, 7) is 2.01. The zero-order valence-electron chi connectivity index (χ0n) is 9.85. The summed E-state index contributed by atoms with van der Waals surface area (Å²) in [5.41, 5.74) is 6.38. The van der Waals surface area contributed by atoms with Crippen molar-refractivity contribution in [3.63, 3.8) is 0 Å². The van der Waals surface area contributed by atoms with Crippen LogP contribution >= 0.6 is 11.6 Å². The molecule has 0 aliphatic heterocycles. The number of aromatic hydroxyl groups is 1. The van der Waals surface area contributed by atoms with Crippen LogP contribution in [0.1, 0.15) is 11.1 Å². The lowest BCUT2D eigenvalue weighted by Crippen LogP contribution is -2.23. The van der Waals surface area contributed by atoms with Crippen LogP contribution in [0.3, 0.4) is 0 Å². The topological polar surface area (TPSA) is 68.2 Å². The number of aryl methyl sites for hydroxylation is 1. The highest BCUT2D eigenvalue weighted by Gasteiger charge is 2.10. The fraction of sp³-hybridized carbons (Fsp3) is 0.154.